The van der Waals surface area contributed by atoms with Crippen LogP contribution in [-0.2, 0) is 0 Å². The number of carbonyl (C=O) groups excluding carboxylic acids is 1. The van der Waals surface area contributed by atoms with Gasteiger partial charge in [-0.2, -0.15) is 0 Å². The third-order valence-corrected chi connectivity index (χ3v) is 10.5. The molecule has 6 rings (SSSR count). The standard InChI is InChI=1S/C37H50N4O5/c1-3-5-7-9-22-11-15-24(16-12-22)39-33(38)32-29(37(45)46)21-28(30-26-19-20-27(31(30)32)35(43)41-34(26)42)36(44)40-25-17-13-23(14-18-25)10-8-6-4-2/h19-25H,3-18H2,1-2H3,(H2,38,39)(H,40,44)(H,45,46)(H,41,42,43)/t22-,23-,24+,25+. The molecule has 0 spiro atoms. The van der Waals surface area contributed by atoms with Crippen molar-refractivity contribution in [3.8, 4) is 0 Å². The molecule has 2 fully saturated rings. The molecular weight excluding hydrogens is 580 g/mol. The molecule has 0 aliphatic heterocycles. The summed E-state index contributed by atoms with van der Waals surface area (Å²) < 4.78 is 0. The highest BCUT2D eigenvalue weighted by molar-refractivity contribution is 6.27. The van der Waals surface area contributed by atoms with E-state index in [1.54, 1.807) is 0 Å². The lowest BCUT2D eigenvalue weighted by Gasteiger charge is -2.30. The van der Waals surface area contributed by atoms with Gasteiger partial charge in [-0.05, 0) is 81.4 Å². The Kier molecular flexibility index (Phi) is 11.1. The number of benzene rings is 2. The van der Waals surface area contributed by atoms with Gasteiger partial charge in [-0.3, -0.25) is 24.8 Å². The minimum Gasteiger partial charge on any atom is -0.478 e. The maximum Gasteiger partial charge on any atom is 0.336 e. The Morgan fingerprint density at radius 2 is 1.26 bits per heavy atom. The van der Waals surface area contributed by atoms with Crippen molar-refractivity contribution in [1.82, 2.24) is 15.6 Å². The fourth-order valence-electron chi connectivity index (χ4n) is 7.89. The van der Waals surface area contributed by atoms with Gasteiger partial charge in [0.2, 0.25) is 0 Å². The van der Waals surface area contributed by atoms with Crippen molar-refractivity contribution in [2.45, 2.75) is 129 Å². The number of nitrogens with one attached hydrogen (secondary N) is 4. The molecule has 2 bridgehead atoms. The van der Waals surface area contributed by atoms with Crippen molar-refractivity contribution in [1.29, 1.82) is 5.41 Å². The topological polar surface area (TPSA) is 152 Å². The molecule has 0 unspecified atom stereocenters. The van der Waals surface area contributed by atoms with Crippen LogP contribution >= 0.6 is 0 Å². The molecule has 9 nitrogen and oxygen atoms in total. The molecule has 2 saturated carbocycles. The zero-order valence-corrected chi connectivity index (χ0v) is 27.4. The Morgan fingerprint density at radius 1 is 0.761 bits per heavy atom. The summed E-state index contributed by atoms with van der Waals surface area (Å²) in [5, 5.41) is 26.5. The first-order valence-corrected chi connectivity index (χ1v) is 17.6. The van der Waals surface area contributed by atoms with Gasteiger partial charge in [0.25, 0.3) is 17.0 Å². The number of carboxylic acid groups (broad SMARTS) is 1. The van der Waals surface area contributed by atoms with E-state index in [-0.39, 0.29) is 56.2 Å². The van der Waals surface area contributed by atoms with Crippen LogP contribution in [0.15, 0.2) is 27.8 Å². The number of aromatic amines is 1. The molecule has 4 aromatic rings. The van der Waals surface area contributed by atoms with Gasteiger partial charge in [-0.25, -0.2) is 4.79 Å². The summed E-state index contributed by atoms with van der Waals surface area (Å²) in [6.07, 6.45) is 17.3. The van der Waals surface area contributed by atoms with Crippen LogP contribution in [0.25, 0.3) is 21.5 Å². The number of carboxylic acids is 1. The van der Waals surface area contributed by atoms with Crippen LogP contribution in [0.5, 0.6) is 0 Å². The summed E-state index contributed by atoms with van der Waals surface area (Å²) in [6.45, 7) is 4.41. The van der Waals surface area contributed by atoms with Gasteiger partial charge in [0.15, 0.2) is 0 Å². The molecule has 0 atom stereocenters. The predicted octanol–water partition coefficient (Wildman–Crippen LogP) is 7.10. The molecule has 5 N–H and O–H groups in total. The van der Waals surface area contributed by atoms with E-state index < -0.39 is 23.0 Å². The second kappa shape index (κ2) is 15.2. The molecule has 248 valence electrons. The number of carbonyl (C=O) groups is 2. The monoisotopic (exact) mass is 630 g/mol. The Balaban J connectivity index is 1.46. The fourth-order valence-corrected chi connectivity index (χ4v) is 7.89. The highest BCUT2D eigenvalue weighted by Gasteiger charge is 2.30. The number of hydrogen-bond acceptors (Lipinski definition) is 5. The molecule has 2 aromatic carbocycles. The van der Waals surface area contributed by atoms with Gasteiger partial charge in [-0.15, -0.1) is 0 Å². The molecule has 0 radical (unpaired) electrons. The van der Waals surface area contributed by atoms with Gasteiger partial charge < -0.3 is 15.7 Å². The fraction of sp³-hybridized carbons (Fsp3) is 0.595. The number of rotatable bonds is 13. The van der Waals surface area contributed by atoms with E-state index >= 15 is 0 Å². The van der Waals surface area contributed by atoms with E-state index in [0.29, 0.717) is 11.8 Å². The van der Waals surface area contributed by atoms with Crippen LogP contribution in [0.2, 0.25) is 0 Å². The Morgan fingerprint density at radius 3 is 1.76 bits per heavy atom. The van der Waals surface area contributed by atoms with E-state index in [9.17, 15) is 24.3 Å². The number of H-pyrrole nitrogens is 1. The summed E-state index contributed by atoms with van der Waals surface area (Å²) in [5.74, 6) is -0.542. The predicted molar refractivity (Wildman–Crippen MR) is 184 cm³/mol. The van der Waals surface area contributed by atoms with Crippen molar-refractivity contribution < 1.29 is 14.7 Å². The maximum absolute atomic E-state index is 13.9. The third-order valence-electron chi connectivity index (χ3n) is 10.5. The first-order chi connectivity index (χ1) is 22.2. The molecule has 2 aliphatic carbocycles. The van der Waals surface area contributed by atoms with Crippen LogP contribution in [0.3, 0.4) is 0 Å². The molecule has 2 aliphatic rings. The van der Waals surface area contributed by atoms with Gasteiger partial charge in [0, 0.05) is 44.8 Å². The average Bonchev–Trinajstić information content (AvgIpc) is 3.25. The zero-order chi connectivity index (χ0) is 32.8. The number of amidine groups is 1. The molecule has 0 saturated heterocycles. The lowest BCUT2D eigenvalue weighted by molar-refractivity contribution is 0.0696. The van der Waals surface area contributed by atoms with Crippen LogP contribution in [-0.4, -0.2) is 39.9 Å². The van der Waals surface area contributed by atoms with E-state index in [1.807, 2.05) is 0 Å². The van der Waals surface area contributed by atoms with Gasteiger partial charge in [-0.1, -0.05) is 65.2 Å². The number of amides is 1. The van der Waals surface area contributed by atoms with Crippen molar-refractivity contribution >= 4 is 39.3 Å². The van der Waals surface area contributed by atoms with E-state index in [4.69, 9.17) is 5.41 Å². The van der Waals surface area contributed by atoms with Gasteiger partial charge >= 0.3 is 5.97 Å². The summed E-state index contributed by atoms with van der Waals surface area (Å²) in [5.41, 5.74) is -1.47. The summed E-state index contributed by atoms with van der Waals surface area (Å²) >= 11 is 0. The number of aromatic nitrogens is 1. The third kappa shape index (κ3) is 7.45. The van der Waals surface area contributed by atoms with Crippen LogP contribution in [0.1, 0.15) is 143 Å². The molecule has 46 heavy (non-hydrogen) atoms. The zero-order valence-electron chi connectivity index (χ0n) is 27.4. The summed E-state index contributed by atoms with van der Waals surface area (Å²) in [6, 6.07) is 4.24. The van der Waals surface area contributed by atoms with E-state index in [0.717, 1.165) is 51.4 Å². The van der Waals surface area contributed by atoms with Crippen molar-refractivity contribution in [2.75, 3.05) is 0 Å². The molecule has 9 heteroatoms. The Hall–Kier alpha value is -3.75. The van der Waals surface area contributed by atoms with Gasteiger partial charge in [0.05, 0.1) is 5.56 Å². The largest absolute Gasteiger partial charge is 0.478 e. The summed E-state index contributed by atoms with van der Waals surface area (Å²) in [4.78, 5) is 55.4. The Bertz CT molecular complexity index is 1660. The van der Waals surface area contributed by atoms with Crippen molar-refractivity contribution in [2.24, 2.45) is 11.8 Å². The van der Waals surface area contributed by atoms with Crippen molar-refractivity contribution in [3.05, 3.63) is 55.6 Å². The maximum atomic E-state index is 13.9. The smallest absolute Gasteiger partial charge is 0.336 e. The Labute approximate surface area is 270 Å². The molecule has 2 heterocycles. The van der Waals surface area contributed by atoms with Crippen molar-refractivity contribution in [3.63, 3.8) is 0 Å². The normalized spacial score (nSPS) is 21.8. The quantitative estimate of drug-likeness (QED) is 0.0772. The second-order valence-electron chi connectivity index (χ2n) is 13.8. The first-order valence-electron chi connectivity index (χ1n) is 17.6. The molecular formula is C37H50N4O5. The number of unbranched alkanes of at least 4 members (excludes halogenated alkanes) is 4. The molecule has 1 amide bonds. The average molecular weight is 631 g/mol. The number of fused-ring (bicyclic) bond motifs is 3. The summed E-state index contributed by atoms with van der Waals surface area (Å²) in [7, 11) is 0. The lowest BCUT2D eigenvalue weighted by Crippen LogP contribution is -2.39. The lowest BCUT2D eigenvalue weighted by atomic mass is 9.82. The SMILES string of the molecule is CCCCC[C@H]1CC[C@@H](NC(=N)c2c(C(=O)O)cc(C(=O)N[C@H]3CC[C@@H](CCCCC)CC3)c3c4ccc(c(=O)[nH]c4=O)c23)CC1. The minimum absolute atomic E-state index is 0.00101. The number of aromatic carboxylic acids is 1. The van der Waals surface area contributed by atoms with Crippen LogP contribution in [0, 0.1) is 17.2 Å². The van der Waals surface area contributed by atoms with E-state index in [1.165, 1.54) is 69.6 Å². The minimum atomic E-state index is -1.30. The highest BCUT2D eigenvalue weighted by atomic mass is 16.4. The number of hydrogen-bond donors (Lipinski definition) is 5. The highest BCUT2D eigenvalue weighted by Crippen LogP contribution is 2.34. The van der Waals surface area contributed by atoms with Crippen LogP contribution < -0.4 is 21.8 Å². The van der Waals surface area contributed by atoms with Crippen LogP contribution in [0.4, 0.5) is 0 Å². The molecule has 2 aromatic heterocycles. The van der Waals surface area contributed by atoms with E-state index in [2.05, 4.69) is 29.5 Å². The second-order valence-corrected chi connectivity index (χ2v) is 13.8. The van der Waals surface area contributed by atoms with Gasteiger partial charge in [0.1, 0.15) is 5.84 Å². The first kappa shape index (κ1) is 33.6.